The highest BCUT2D eigenvalue weighted by Crippen LogP contribution is 2.62. The van der Waals surface area contributed by atoms with E-state index >= 15 is 0 Å². The highest BCUT2D eigenvalue weighted by Gasteiger charge is 2.57. The lowest BCUT2D eigenvalue weighted by molar-refractivity contribution is -0.167. The van der Waals surface area contributed by atoms with E-state index in [-0.39, 0.29) is 17.1 Å². The fourth-order valence-corrected chi connectivity index (χ4v) is 6.94. The Labute approximate surface area is 155 Å². The van der Waals surface area contributed by atoms with E-state index < -0.39 is 15.4 Å². The third kappa shape index (κ3) is 3.81. The number of carbonyl (C=O) groups excluding carboxylic acids is 1. The first-order valence-corrected chi connectivity index (χ1v) is 11.5. The first kappa shape index (κ1) is 18.0. The van der Waals surface area contributed by atoms with Crippen molar-refractivity contribution >= 4 is 21.4 Å². The Morgan fingerprint density at radius 3 is 2.31 bits per heavy atom. The summed E-state index contributed by atoms with van der Waals surface area (Å²) in [7, 11) is -3.06. The van der Waals surface area contributed by atoms with Crippen LogP contribution in [0, 0.1) is 17.3 Å². The van der Waals surface area contributed by atoms with Crippen molar-refractivity contribution in [1.82, 2.24) is 0 Å². The molecule has 2 atom stereocenters. The molecule has 0 heterocycles. The summed E-state index contributed by atoms with van der Waals surface area (Å²) in [6.45, 7) is 0. The van der Waals surface area contributed by atoms with E-state index in [9.17, 15) is 18.3 Å². The molecule has 26 heavy (non-hydrogen) atoms. The summed E-state index contributed by atoms with van der Waals surface area (Å²) in [4.78, 5) is 12.6. The van der Waals surface area contributed by atoms with Crippen molar-refractivity contribution in [2.45, 2.75) is 56.3 Å². The molecule has 6 heteroatoms. The molecule has 1 aromatic rings. The second-order valence-electron chi connectivity index (χ2n) is 9.18. The first-order chi connectivity index (χ1) is 12.1. The molecule has 4 bridgehead atoms. The van der Waals surface area contributed by atoms with Gasteiger partial charge in [-0.25, -0.2) is 8.42 Å². The van der Waals surface area contributed by atoms with Gasteiger partial charge >= 0.3 is 0 Å². The van der Waals surface area contributed by atoms with Crippen LogP contribution in [0.15, 0.2) is 24.3 Å². The second kappa shape index (κ2) is 6.06. The number of hydrogen-bond donors (Lipinski definition) is 2. The Morgan fingerprint density at radius 1 is 1.15 bits per heavy atom. The Bertz CT molecular complexity index is 801. The van der Waals surface area contributed by atoms with Crippen LogP contribution < -0.4 is 5.32 Å². The Morgan fingerprint density at radius 2 is 1.77 bits per heavy atom. The fraction of sp³-hybridized carbons (Fsp3) is 0.650. The summed E-state index contributed by atoms with van der Waals surface area (Å²) < 4.78 is 22.7. The summed E-state index contributed by atoms with van der Waals surface area (Å²) >= 11 is 0. The fourth-order valence-electron chi connectivity index (χ4n) is 6.14. The Kier molecular flexibility index (Phi) is 4.19. The van der Waals surface area contributed by atoms with E-state index in [1.54, 1.807) is 24.3 Å². The van der Waals surface area contributed by atoms with Gasteiger partial charge in [-0.2, -0.15) is 0 Å². The summed E-state index contributed by atoms with van der Waals surface area (Å²) in [5.74, 6) is 1.14. The zero-order valence-corrected chi connectivity index (χ0v) is 16.0. The van der Waals surface area contributed by atoms with Gasteiger partial charge in [0.2, 0.25) is 5.91 Å². The lowest BCUT2D eigenvalue weighted by atomic mass is 9.47. The molecule has 0 radical (unpaired) electrons. The molecule has 2 N–H and O–H groups in total. The summed E-state index contributed by atoms with van der Waals surface area (Å²) in [5.41, 5.74) is 0.820. The van der Waals surface area contributed by atoms with Gasteiger partial charge < -0.3 is 10.4 Å². The molecule has 2 unspecified atom stereocenters. The number of carbonyl (C=O) groups is 1. The van der Waals surface area contributed by atoms with Crippen molar-refractivity contribution in [3.05, 3.63) is 29.8 Å². The number of rotatable bonds is 5. The molecular weight excluding hydrogens is 350 g/mol. The topological polar surface area (TPSA) is 83.5 Å². The van der Waals surface area contributed by atoms with Crippen LogP contribution >= 0.6 is 0 Å². The largest absolute Gasteiger partial charge is 0.390 e. The quantitative estimate of drug-likeness (QED) is 0.826. The van der Waals surface area contributed by atoms with Crippen LogP contribution in [0.5, 0.6) is 0 Å². The summed E-state index contributed by atoms with van der Waals surface area (Å²) in [6.07, 6.45) is 7.60. The molecule has 4 aliphatic carbocycles. The van der Waals surface area contributed by atoms with Gasteiger partial charge in [-0.15, -0.1) is 0 Å². The Hall–Kier alpha value is -1.40. The minimum Gasteiger partial charge on any atom is -0.390 e. The molecule has 0 spiro atoms. The highest BCUT2D eigenvalue weighted by atomic mass is 32.2. The molecule has 0 aliphatic heterocycles. The maximum atomic E-state index is 12.6. The van der Waals surface area contributed by atoms with E-state index in [1.807, 2.05) is 0 Å². The van der Waals surface area contributed by atoms with Gasteiger partial charge in [0, 0.05) is 18.4 Å². The predicted octanol–water partition coefficient (Wildman–Crippen LogP) is 2.89. The second-order valence-corrected chi connectivity index (χ2v) is 11.3. The maximum Gasteiger partial charge on any atom is 0.224 e. The minimum atomic E-state index is -3.06. The van der Waals surface area contributed by atoms with Gasteiger partial charge in [0.15, 0.2) is 9.84 Å². The summed E-state index contributed by atoms with van der Waals surface area (Å²) in [5, 5.41) is 13.8. The van der Waals surface area contributed by atoms with Gasteiger partial charge in [0.05, 0.1) is 11.4 Å². The zero-order chi connectivity index (χ0) is 18.6. The lowest BCUT2D eigenvalue weighted by Gasteiger charge is -2.60. The average molecular weight is 378 g/mol. The minimum absolute atomic E-state index is 0.00565. The third-order valence-corrected chi connectivity index (χ3v) is 7.21. The zero-order valence-electron chi connectivity index (χ0n) is 15.2. The Balaban J connectivity index is 1.40. The molecule has 0 aromatic heterocycles. The standard InChI is InChI=1S/C20H27NO4S/c1-26(24,25)12-14-2-4-17(5-3-14)21-18(22)11-19-7-15-6-16(8-19)10-20(23,9-15)13-19/h2-5,15-16,23H,6-13H2,1H3,(H,21,22). The normalized spacial score (nSPS) is 35.5. The smallest absolute Gasteiger partial charge is 0.224 e. The lowest BCUT2D eigenvalue weighted by Crippen LogP contribution is -2.56. The first-order valence-electron chi connectivity index (χ1n) is 9.41. The van der Waals surface area contributed by atoms with E-state index in [4.69, 9.17) is 0 Å². The third-order valence-electron chi connectivity index (χ3n) is 6.35. The molecule has 142 valence electrons. The van der Waals surface area contributed by atoms with Crippen LogP contribution in [0.1, 0.15) is 50.5 Å². The van der Waals surface area contributed by atoms with Crippen LogP contribution in [0.4, 0.5) is 5.69 Å². The average Bonchev–Trinajstić information content (AvgIpc) is 2.44. The van der Waals surface area contributed by atoms with Crippen molar-refractivity contribution in [3.8, 4) is 0 Å². The van der Waals surface area contributed by atoms with E-state index in [1.165, 1.54) is 12.7 Å². The van der Waals surface area contributed by atoms with Crippen LogP contribution in [0.2, 0.25) is 0 Å². The molecule has 4 fully saturated rings. The molecule has 0 saturated heterocycles. The van der Waals surface area contributed by atoms with Crippen molar-refractivity contribution in [2.75, 3.05) is 11.6 Å². The maximum absolute atomic E-state index is 12.6. The molecule has 5 rings (SSSR count). The van der Waals surface area contributed by atoms with Crippen molar-refractivity contribution in [2.24, 2.45) is 17.3 Å². The van der Waals surface area contributed by atoms with Crippen LogP contribution in [-0.4, -0.2) is 31.3 Å². The number of benzene rings is 1. The molecule has 4 aliphatic rings. The molecular formula is C20H27NO4S. The summed E-state index contributed by atoms with van der Waals surface area (Å²) in [6, 6.07) is 6.99. The number of aliphatic hydroxyl groups is 1. The highest BCUT2D eigenvalue weighted by molar-refractivity contribution is 7.89. The molecule has 4 saturated carbocycles. The number of nitrogens with one attached hydrogen (secondary N) is 1. The van der Waals surface area contributed by atoms with Gasteiger partial charge in [-0.05, 0) is 73.5 Å². The van der Waals surface area contributed by atoms with E-state index in [0.717, 1.165) is 32.1 Å². The number of anilines is 1. The van der Waals surface area contributed by atoms with Gasteiger partial charge in [-0.3, -0.25) is 4.79 Å². The van der Waals surface area contributed by atoms with Crippen molar-refractivity contribution < 1.29 is 18.3 Å². The SMILES string of the molecule is CS(=O)(=O)Cc1ccc(NC(=O)CC23CC4CC(CC(O)(C4)C2)C3)cc1. The van der Waals surface area contributed by atoms with Crippen LogP contribution in [-0.2, 0) is 20.4 Å². The number of hydrogen-bond acceptors (Lipinski definition) is 4. The van der Waals surface area contributed by atoms with Crippen molar-refractivity contribution in [1.29, 1.82) is 0 Å². The van der Waals surface area contributed by atoms with Gasteiger partial charge in [0.25, 0.3) is 0 Å². The number of sulfone groups is 1. The van der Waals surface area contributed by atoms with E-state index in [0.29, 0.717) is 29.5 Å². The predicted molar refractivity (Wildman–Crippen MR) is 100 cm³/mol. The van der Waals surface area contributed by atoms with Crippen LogP contribution in [0.3, 0.4) is 0 Å². The van der Waals surface area contributed by atoms with Crippen molar-refractivity contribution in [3.63, 3.8) is 0 Å². The molecule has 1 amide bonds. The molecule has 1 aromatic carbocycles. The van der Waals surface area contributed by atoms with Gasteiger partial charge in [-0.1, -0.05) is 12.1 Å². The van der Waals surface area contributed by atoms with Crippen LogP contribution in [0.25, 0.3) is 0 Å². The monoisotopic (exact) mass is 377 g/mol. The van der Waals surface area contributed by atoms with Gasteiger partial charge in [0.1, 0.15) is 0 Å². The van der Waals surface area contributed by atoms with E-state index in [2.05, 4.69) is 5.32 Å². The number of amides is 1. The molecule has 5 nitrogen and oxygen atoms in total.